The van der Waals surface area contributed by atoms with E-state index in [-0.39, 0.29) is 11.3 Å². The first-order chi connectivity index (χ1) is 14.3. The van der Waals surface area contributed by atoms with Gasteiger partial charge in [-0.3, -0.25) is 0 Å². The molecule has 0 spiro atoms. The van der Waals surface area contributed by atoms with Crippen molar-refractivity contribution in [1.82, 2.24) is 9.97 Å². The van der Waals surface area contributed by atoms with E-state index in [2.05, 4.69) is 14.7 Å². The van der Waals surface area contributed by atoms with Gasteiger partial charge in [0.25, 0.3) is 0 Å². The zero-order valence-electron chi connectivity index (χ0n) is 15.2. The molecule has 0 atom stereocenters. The largest absolute Gasteiger partial charge is 0.573 e. The van der Waals surface area contributed by atoms with Crippen molar-refractivity contribution in [2.24, 2.45) is 0 Å². The molecule has 0 radical (unpaired) electrons. The number of ether oxygens (including phenoxy) is 1. The molecule has 1 heterocycles. The first-order valence-corrected chi connectivity index (χ1v) is 8.77. The molecule has 0 unspecified atom stereocenters. The summed E-state index contributed by atoms with van der Waals surface area (Å²) in [5.74, 6) is -1.45. The lowest BCUT2D eigenvalue weighted by atomic mass is 10.0. The molecule has 4 rings (SSSR count). The molecule has 8 heteroatoms. The first-order valence-electron chi connectivity index (χ1n) is 8.77. The van der Waals surface area contributed by atoms with E-state index < -0.39 is 12.3 Å². The van der Waals surface area contributed by atoms with E-state index in [0.717, 1.165) is 5.56 Å². The van der Waals surface area contributed by atoms with Gasteiger partial charge < -0.3 is 9.84 Å². The highest BCUT2D eigenvalue weighted by molar-refractivity contribution is 5.94. The summed E-state index contributed by atoms with van der Waals surface area (Å²) in [4.78, 5) is 20.5. The molecule has 30 heavy (non-hydrogen) atoms. The van der Waals surface area contributed by atoms with Crippen LogP contribution in [0.1, 0.15) is 10.4 Å². The summed E-state index contributed by atoms with van der Waals surface area (Å²) in [5, 5.41) is 9.23. The van der Waals surface area contributed by atoms with Crippen LogP contribution in [0.5, 0.6) is 5.75 Å². The van der Waals surface area contributed by atoms with Crippen LogP contribution in [0.2, 0.25) is 0 Å². The number of fused-ring (bicyclic) bond motifs is 1. The van der Waals surface area contributed by atoms with Crippen molar-refractivity contribution in [1.29, 1.82) is 0 Å². The van der Waals surface area contributed by atoms with Gasteiger partial charge in [-0.2, -0.15) is 0 Å². The third kappa shape index (κ3) is 4.07. The molecule has 0 saturated carbocycles. The van der Waals surface area contributed by atoms with Gasteiger partial charge in [0.15, 0.2) is 0 Å². The molecule has 4 aromatic rings. The fraction of sp³-hybridized carbons (Fsp3) is 0.0455. The summed E-state index contributed by atoms with van der Waals surface area (Å²) in [7, 11) is 0. The summed E-state index contributed by atoms with van der Waals surface area (Å²) in [6, 6.07) is 18.9. The highest BCUT2D eigenvalue weighted by atomic mass is 19.4. The van der Waals surface area contributed by atoms with E-state index in [0.29, 0.717) is 28.0 Å². The number of alkyl halides is 3. The maximum absolute atomic E-state index is 12.4. The van der Waals surface area contributed by atoms with Crippen LogP contribution in [0.25, 0.3) is 33.5 Å². The van der Waals surface area contributed by atoms with E-state index in [1.165, 1.54) is 36.4 Å². The Morgan fingerprint density at radius 2 is 1.40 bits per heavy atom. The maximum Gasteiger partial charge on any atom is 0.573 e. The van der Waals surface area contributed by atoms with Gasteiger partial charge in [-0.05, 0) is 42.5 Å². The minimum absolute atomic E-state index is 0.0594. The molecule has 5 nitrogen and oxygen atoms in total. The lowest BCUT2D eigenvalue weighted by Crippen LogP contribution is -2.16. The second-order valence-corrected chi connectivity index (χ2v) is 6.37. The number of hydrogen-bond donors (Lipinski definition) is 1. The second-order valence-electron chi connectivity index (χ2n) is 6.37. The highest BCUT2D eigenvalue weighted by Gasteiger charge is 2.31. The zero-order chi connectivity index (χ0) is 21.3. The fourth-order valence-electron chi connectivity index (χ4n) is 3.00. The molecule has 0 amide bonds. The Hall–Kier alpha value is -3.94. The number of carboxylic acids is 1. The lowest BCUT2D eigenvalue weighted by Gasteiger charge is -2.12. The van der Waals surface area contributed by atoms with Gasteiger partial charge in [0.05, 0.1) is 28.0 Å². The van der Waals surface area contributed by atoms with Crippen LogP contribution in [0.4, 0.5) is 13.2 Å². The van der Waals surface area contributed by atoms with Crippen LogP contribution in [0.3, 0.4) is 0 Å². The molecule has 0 fully saturated rings. The van der Waals surface area contributed by atoms with Crippen LogP contribution in [0, 0.1) is 0 Å². The monoisotopic (exact) mass is 410 g/mol. The van der Waals surface area contributed by atoms with Crippen LogP contribution in [0.15, 0.2) is 72.8 Å². The normalized spacial score (nSPS) is 11.4. The molecular weight excluding hydrogens is 397 g/mol. The summed E-state index contributed by atoms with van der Waals surface area (Å²) in [6.07, 6.45) is -4.79. The summed E-state index contributed by atoms with van der Waals surface area (Å²) >= 11 is 0. The number of rotatable bonds is 4. The van der Waals surface area contributed by atoms with Gasteiger partial charge in [0.1, 0.15) is 5.75 Å². The van der Waals surface area contributed by atoms with Crippen LogP contribution < -0.4 is 4.74 Å². The molecular formula is C22H13F3N2O3. The van der Waals surface area contributed by atoms with E-state index in [9.17, 15) is 23.1 Å². The number of carboxylic acid groups (broad SMARTS) is 1. The Labute approximate surface area is 168 Å². The predicted molar refractivity (Wildman–Crippen MR) is 104 cm³/mol. The minimum atomic E-state index is -4.79. The SMILES string of the molecule is O=C(O)c1ccc2nc(-c3ccccc3)c(-c3ccc(OC(F)(F)F)cc3)nc2c1. The van der Waals surface area contributed by atoms with E-state index in [1.54, 1.807) is 6.07 Å². The van der Waals surface area contributed by atoms with Crippen molar-refractivity contribution < 1.29 is 27.8 Å². The number of halogens is 3. The molecule has 0 saturated heterocycles. The molecule has 0 bridgehead atoms. The average Bonchev–Trinajstić information content (AvgIpc) is 2.72. The second kappa shape index (κ2) is 7.47. The van der Waals surface area contributed by atoms with Gasteiger partial charge in [-0.1, -0.05) is 30.3 Å². The van der Waals surface area contributed by atoms with Crippen LogP contribution in [-0.2, 0) is 0 Å². The number of aromatic nitrogens is 2. The average molecular weight is 410 g/mol. The van der Waals surface area contributed by atoms with Gasteiger partial charge in [-0.15, -0.1) is 13.2 Å². The molecule has 150 valence electrons. The quantitative estimate of drug-likeness (QED) is 0.477. The number of hydrogen-bond acceptors (Lipinski definition) is 4. The van der Waals surface area contributed by atoms with Crippen LogP contribution in [-0.4, -0.2) is 27.4 Å². The number of aromatic carboxylic acids is 1. The number of carbonyl (C=O) groups is 1. The van der Waals surface area contributed by atoms with Gasteiger partial charge in [0.2, 0.25) is 0 Å². The number of benzene rings is 3. The third-order valence-electron chi connectivity index (χ3n) is 4.32. The van der Waals surface area contributed by atoms with Crippen LogP contribution >= 0.6 is 0 Å². The number of nitrogens with zero attached hydrogens (tertiary/aromatic N) is 2. The summed E-state index contributed by atoms with van der Waals surface area (Å²) in [6.45, 7) is 0. The molecule has 0 aliphatic carbocycles. The Morgan fingerprint density at radius 3 is 2.00 bits per heavy atom. The highest BCUT2D eigenvalue weighted by Crippen LogP contribution is 2.33. The zero-order valence-corrected chi connectivity index (χ0v) is 15.2. The van der Waals surface area contributed by atoms with Crippen molar-refractivity contribution in [3.8, 4) is 28.3 Å². The van der Waals surface area contributed by atoms with E-state index in [4.69, 9.17) is 0 Å². The molecule has 0 aliphatic heterocycles. The van der Waals surface area contributed by atoms with Gasteiger partial charge in [0, 0.05) is 11.1 Å². The topological polar surface area (TPSA) is 72.3 Å². The van der Waals surface area contributed by atoms with Crippen molar-refractivity contribution in [3.63, 3.8) is 0 Å². The van der Waals surface area contributed by atoms with Crippen molar-refractivity contribution in [3.05, 3.63) is 78.4 Å². The Morgan fingerprint density at radius 1 is 0.800 bits per heavy atom. The first kappa shape index (κ1) is 19.4. The predicted octanol–water partition coefficient (Wildman–Crippen LogP) is 5.56. The standard InChI is InChI=1S/C22H13F3N2O3/c23-22(24,25)30-16-9-6-14(7-10-16)20-19(13-4-2-1-3-5-13)26-17-11-8-15(21(28)29)12-18(17)27-20/h1-12H,(H,28,29). The molecule has 0 aliphatic rings. The molecule has 3 aromatic carbocycles. The van der Waals surface area contributed by atoms with E-state index >= 15 is 0 Å². The summed E-state index contributed by atoms with van der Waals surface area (Å²) in [5.41, 5.74) is 3.13. The van der Waals surface area contributed by atoms with Crippen molar-refractivity contribution in [2.45, 2.75) is 6.36 Å². The summed E-state index contributed by atoms with van der Waals surface area (Å²) < 4.78 is 41.2. The maximum atomic E-state index is 12.4. The molecule has 1 N–H and O–H groups in total. The third-order valence-corrected chi connectivity index (χ3v) is 4.32. The van der Waals surface area contributed by atoms with Crippen molar-refractivity contribution in [2.75, 3.05) is 0 Å². The van der Waals surface area contributed by atoms with Gasteiger partial charge >= 0.3 is 12.3 Å². The van der Waals surface area contributed by atoms with Crippen molar-refractivity contribution >= 4 is 17.0 Å². The Kier molecular flexibility index (Phi) is 4.83. The fourth-order valence-corrected chi connectivity index (χ4v) is 3.00. The smallest absolute Gasteiger partial charge is 0.478 e. The minimum Gasteiger partial charge on any atom is -0.478 e. The Bertz CT molecular complexity index is 1220. The Balaban J connectivity index is 1.88. The van der Waals surface area contributed by atoms with Gasteiger partial charge in [-0.25, -0.2) is 14.8 Å². The van der Waals surface area contributed by atoms with E-state index in [1.807, 2.05) is 30.3 Å². The lowest BCUT2D eigenvalue weighted by molar-refractivity contribution is -0.274. The molecule has 1 aromatic heterocycles.